The van der Waals surface area contributed by atoms with Crippen LogP contribution in [0.3, 0.4) is 0 Å². The summed E-state index contributed by atoms with van der Waals surface area (Å²) in [6, 6.07) is 55.9. The molecule has 0 fully saturated rings. The Morgan fingerprint density at radius 3 is 1.71 bits per heavy atom. The van der Waals surface area contributed by atoms with Crippen molar-refractivity contribution >= 4 is 77.8 Å². The quantitative estimate of drug-likeness (QED) is 0.173. The van der Waals surface area contributed by atoms with Gasteiger partial charge in [0.15, 0.2) is 5.82 Å². The van der Waals surface area contributed by atoms with Crippen molar-refractivity contribution in [1.82, 2.24) is 9.97 Å². The van der Waals surface area contributed by atoms with Crippen molar-refractivity contribution in [1.29, 1.82) is 0 Å². The highest BCUT2D eigenvalue weighted by atomic mass is 32.2. The van der Waals surface area contributed by atoms with Crippen molar-refractivity contribution in [2.75, 3.05) is 0 Å². The van der Waals surface area contributed by atoms with Crippen LogP contribution in [0.15, 0.2) is 182 Å². The average Bonchev–Trinajstić information content (AvgIpc) is 3.58. The Kier molecular flexibility index (Phi) is 6.42. The molecule has 0 saturated carbocycles. The second kappa shape index (κ2) is 11.3. The predicted octanol–water partition coefficient (Wildman–Crippen LogP) is 13.5. The molecule has 3 heterocycles. The zero-order valence-electron chi connectivity index (χ0n) is 27.1. The van der Waals surface area contributed by atoms with E-state index in [-0.39, 0.29) is 0 Å². The normalized spacial score (nSPS) is 12.5. The lowest BCUT2D eigenvalue weighted by Crippen LogP contribution is -1.99. The molecule has 0 saturated heterocycles. The summed E-state index contributed by atoms with van der Waals surface area (Å²) in [5.41, 5.74) is 6.43. The van der Waals surface area contributed by atoms with Gasteiger partial charge in [0.25, 0.3) is 0 Å². The summed E-state index contributed by atoms with van der Waals surface area (Å²) in [6.07, 6.45) is 0. The number of furan rings is 1. The molecule has 3 nitrogen and oxygen atoms in total. The molecule has 1 aliphatic heterocycles. The van der Waals surface area contributed by atoms with E-state index in [1.165, 1.54) is 51.9 Å². The second-order valence-corrected chi connectivity index (χ2v) is 15.0. The first-order chi connectivity index (χ1) is 25.3. The standard InChI is InChI=1S/C46H26N2OS2/c1-2-13-30-28(11-1)29-12-3-4-14-31(29)37-25-27(23-24-32(30)37)46-47-38(35-17-9-16-34-33-15-5-6-19-40(33)49-44(34)35)26-39(48-46)36-18-10-22-43-45(36)51-42-21-8-7-20-41(42)50-43/h1-26H. The summed E-state index contributed by atoms with van der Waals surface area (Å²) in [4.78, 5) is 15.7. The van der Waals surface area contributed by atoms with Gasteiger partial charge in [0.1, 0.15) is 11.2 Å². The van der Waals surface area contributed by atoms with Crippen molar-refractivity contribution in [3.63, 3.8) is 0 Å². The van der Waals surface area contributed by atoms with Crippen molar-refractivity contribution < 1.29 is 4.42 Å². The molecule has 10 aromatic rings. The first-order valence-electron chi connectivity index (χ1n) is 17.0. The van der Waals surface area contributed by atoms with Crippen LogP contribution >= 0.6 is 23.5 Å². The van der Waals surface area contributed by atoms with Crippen LogP contribution in [0.4, 0.5) is 0 Å². The van der Waals surface area contributed by atoms with Gasteiger partial charge in [-0.15, -0.1) is 0 Å². The molecule has 0 radical (unpaired) electrons. The molecular weight excluding hydrogens is 661 g/mol. The van der Waals surface area contributed by atoms with E-state index >= 15 is 0 Å². The monoisotopic (exact) mass is 686 g/mol. The molecule has 0 bridgehead atoms. The average molecular weight is 687 g/mol. The number of aromatic nitrogens is 2. The highest BCUT2D eigenvalue weighted by Gasteiger charge is 2.23. The number of para-hydroxylation sites is 2. The lowest BCUT2D eigenvalue weighted by atomic mass is 9.93. The van der Waals surface area contributed by atoms with Crippen LogP contribution in [0.25, 0.3) is 88.2 Å². The minimum atomic E-state index is 0.682. The molecule has 8 aromatic carbocycles. The number of hydrogen-bond acceptors (Lipinski definition) is 5. The second-order valence-electron chi connectivity index (χ2n) is 12.9. The van der Waals surface area contributed by atoms with Gasteiger partial charge in [-0.1, -0.05) is 139 Å². The number of rotatable bonds is 3. The first-order valence-corrected chi connectivity index (χ1v) is 18.6. The zero-order chi connectivity index (χ0) is 33.5. The van der Waals surface area contributed by atoms with Gasteiger partial charge in [0, 0.05) is 47.0 Å². The van der Waals surface area contributed by atoms with Gasteiger partial charge in [0.05, 0.1) is 11.4 Å². The summed E-state index contributed by atoms with van der Waals surface area (Å²) in [5.74, 6) is 0.682. The Labute approximate surface area is 302 Å². The molecule has 5 heteroatoms. The van der Waals surface area contributed by atoms with Gasteiger partial charge in [0.2, 0.25) is 0 Å². The smallest absolute Gasteiger partial charge is 0.160 e. The van der Waals surface area contributed by atoms with Gasteiger partial charge in [-0.2, -0.15) is 0 Å². The fourth-order valence-electron chi connectivity index (χ4n) is 7.60. The highest BCUT2D eigenvalue weighted by Crippen LogP contribution is 2.52. The van der Waals surface area contributed by atoms with E-state index in [4.69, 9.17) is 14.4 Å². The van der Waals surface area contributed by atoms with Gasteiger partial charge in [-0.05, 0) is 74.8 Å². The fraction of sp³-hybridized carbons (Fsp3) is 0. The van der Waals surface area contributed by atoms with Gasteiger partial charge in [-0.3, -0.25) is 0 Å². The number of fused-ring (bicyclic) bond motifs is 11. The molecule has 0 amide bonds. The van der Waals surface area contributed by atoms with Crippen molar-refractivity contribution in [2.24, 2.45) is 0 Å². The number of nitrogens with zero attached hydrogens (tertiary/aromatic N) is 2. The lowest BCUT2D eigenvalue weighted by Gasteiger charge is -2.21. The molecule has 2 aromatic heterocycles. The minimum Gasteiger partial charge on any atom is -0.455 e. The maximum atomic E-state index is 6.54. The largest absolute Gasteiger partial charge is 0.455 e. The summed E-state index contributed by atoms with van der Waals surface area (Å²) >= 11 is 3.64. The van der Waals surface area contributed by atoms with Crippen LogP contribution < -0.4 is 0 Å². The number of benzene rings is 8. The third-order valence-electron chi connectivity index (χ3n) is 9.94. The van der Waals surface area contributed by atoms with Crippen LogP contribution in [0, 0.1) is 0 Å². The summed E-state index contributed by atoms with van der Waals surface area (Å²) in [7, 11) is 0. The third-order valence-corrected chi connectivity index (χ3v) is 12.6. The van der Waals surface area contributed by atoms with Crippen molar-refractivity contribution in [3.8, 4) is 33.9 Å². The van der Waals surface area contributed by atoms with Gasteiger partial charge < -0.3 is 4.42 Å². The maximum absolute atomic E-state index is 6.54. The molecule has 11 rings (SSSR count). The number of hydrogen-bond donors (Lipinski definition) is 0. The third kappa shape index (κ3) is 4.55. The molecule has 0 atom stereocenters. The minimum absolute atomic E-state index is 0.682. The van der Waals surface area contributed by atoms with Crippen LogP contribution in [0.2, 0.25) is 0 Å². The van der Waals surface area contributed by atoms with E-state index in [1.807, 2.05) is 35.7 Å². The van der Waals surface area contributed by atoms with E-state index in [0.29, 0.717) is 5.82 Å². The van der Waals surface area contributed by atoms with Gasteiger partial charge in [-0.25, -0.2) is 9.97 Å². The van der Waals surface area contributed by atoms with E-state index in [9.17, 15) is 0 Å². The van der Waals surface area contributed by atoms with E-state index < -0.39 is 0 Å². The molecule has 51 heavy (non-hydrogen) atoms. The highest BCUT2D eigenvalue weighted by molar-refractivity contribution is 8.05. The Morgan fingerprint density at radius 2 is 0.941 bits per heavy atom. The summed E-state index contributed by atoms with van der Waals surface area (Å²) < 4.78 is 6.54. The Hall–Kier alpha value is -5.88. The molecule has 0 N–H and O–H groups in total. The van der Waals surface area contributed by atoms with Crippen LogP contribution in [0.5, 0.6) is 0 Å². The maximum Gasteiger partial charge on any atom is 0.160 e. The van der Waals surface area contributed by atoms with E-state index in [0.717, 1.165) is 50.0 Å². The molecule has 238 valence electrons. The summed E-state index contributed by atoms with van der Waals surface area (Å²) in [6.45, 7) is 0. The Balaban J connectivity index is 1.18. The molecule has 1 aliphatic rings. The van der Waals surface area contributed by atoms with Crippen LogP contribution in [-0.2, 0) is 0 Å². The SMILES string of the molecule is c1ccc2c(c1)Sc1cccc(-c3cc(-c4cccc5c4oc4ccccc45)nc(-c4ccc5c6ccccc6c6ccccc6c5c4)n3)c1S2. The van der Waals surface area contributed by atoms with Crippen molar-refractivity contribution in [3.05, 3.63) is 158 Å². The van der Waals surface area contributed by atoms with Crippen molar-refractivity contribution in [2.45, 2.75) is 19.6 Å². The Bertz CT molecular complexity index is 3020. The zero-order valence-corrected chi connectivity index (χ0v) is 28.8. The molecule has 0 aliphatic carbocycles. The molecule has 0 unspecified atom stereocenters. The Morgan fingerprint density at radius 1 is 0.392 bits per heavy atom. The fourth-order valence-corrected chi connectivity index (χ4v) is 9.99. The van der Waals surface area contributed by atoms with E-state index in [1.54, 1.807) is 0 Å². The molecule has 0 spiro atoms. The van der Waals surface area contributed by atoms with Gasteiger partial charge >= 0.3 is 0 Å². The molecular formula is C46H26N2OS2. The van der Waals surface area contributed by atoms with Crippen LogP contribution in [-0.4, -0.2) is 9.97 Å². The predicted molar refractivity (Wildman–Crippen MR) is 213 cm³/mol. The topological polar surface area (TPSA) is 38.9 Å². The lowest BCUT2D eigenvalue weighted by molar-refractivity contribution is 0.670. The van der Waals surface area contributed by atoms with E-state index in [2.05, 4.69) is 146 Å². The van der Waals surface area contributed by atoms with Crippen LogP contribution in [0.1, 0.15) is 0 Å². The summed E-state index contributed by atoms with van der Waals surface area (Å²) in [5, 5.41) is 9.57. The first kappa shape index (κ1) is 28.9.